The Labute approximate surface area is 145 Å². The third kappa shape index (κ3) is 11.6. The second kappa shape index (κ2) is 11.9. The van der Waals surface area contributed by atoms with E-state index in [9.17, 15) is 4.79 Å². The highest BCUT2D eigenvalue weighted by Gasteiger charge is 2.27. The van der Waals surface area contributed by atoms with Gasteiger partial charge in [-0.1, -0.05) is 52.4 Å². The third-order valence-electron chi connectivity index (χ3n) is 4.98. The Bertz CT molecular complexity index is 311. The molecule has 0 aliphatic heterocycles. The molecule has 0 radical (unpaired) electrons. The molecule has 0 aliphatic carbocycles. The fourth-order valence-electron chi connectivity index (χ4n) is 2.51. The van der Waals surface area contributed by atoms with Gasteiger partial charge in [0.2, 0.25) is 0 Å². The monoisotopic (exact) mass is 328 g/mol. The molecule has 0 fully saturated rings. The molecular weight excluding hydrogens is 286 g/mol. The largest absolute Gasteiger partial charge is 0.459 e. The first-order valence-corrected chi connectivity index (χ1v) is 9.74. The normalized spacial score (nSPS) is 12.4. The summed E-state index contributed by atoms with van der Waals surface area (Å²) in [7, 11) is 4.47. The summed E-state index contributed by atoms with van der Waals surface area (Å²) < 4.78 is 6.40. The Kier molecular flexibility index (Phi) is 11.6. The lowest BCUT2D eigenvalue weighted by molar-refractivity contribution is -0.890. The zero-order valence-corrected chi connectivity index (χ0v) is 16.7. The van der Waals surface area contributed by atoms with Gasteiger partial charge in [-0.15, -0.1) is 0 Å². The fourth-order valence-corrected chi connectivity index (χ4v) is 2.51. The molecule has 0 spiro atoms. The number of esters is 1. The zero-order valence-electron chi connectivity index (χ0n) is 16.7. The molecule has 0 amide bonds. The quantitative estimate of drug-likeness (QED) is 0.249. The summed E-state index contributed by atoms with van der Waals surface area (Å²) >= 11 is 0. The van der Waals surface area contributed by atoms with Crippen LogP contribution >= 0.6 is 0 Å². The summed E-state index contributed by atoms with van der Waals surface area (Å²) in [5.74, 6) is -0.0629. The van der Waals surface area contributed by atoms with Crippen LogP contribution in [-0.4, -0.2) is 44.2 Å². The van der Waals surface area contributed by atoms with Crippen LogP contribution in [0.25, 0.3) is 0 Å². The Morgan fingerprint density at radius 2 is 1.39 bits per heavy atom. The molecule has 0 unspecified atom stereocenters. The predicted octanol–water partition coefficient (Wildman–Crippen LogP) is 5.18. The molecule has 0 N–H and O–H groups in total. The number of ether oxygens (including phenoxy) is 1. The van der Waals surface area contributed by atoms with E-state index >= 15 is 0 Å². The van der Waals surface area contributed by atoms with Gasteiger partial charge in [-0.2, -0.15) is 0 Å². The molecule has 23 heavy (non-hydrogen) atoms. The summed E-state index contributed by atoms with van der Waals surface area (Å²) in [6, 6.07) is 0. The van der Waals surface area contributed by atoms with Gasteiger partial charge in [0, 0.05) is 0 Å². The minimum Gasteiger partial charge on any atom is -0.459 e. The first-order valence-electron chi connectivity index (χ1n) is 9.74. The van der Waals surface area contributed by atoms with E-state index in [0.717, 1.165) is 17.4 Å². The lowest BCUT2D eigenvalue weighted by Gasteiger charge is -2.30. The SMILES string of the molecule is CCCCCCCCCC[N+](C)(C)CCOC(=O)C(C)(C)CC. The van der Waals surface area contributed by atoms with Crippen molar-refractivity contribution in [3.8, 4) is 0 Å². The molecule has 0 aromatic carbocycles. The Morgan fingerprint density at radius 1 is 0.870 bits per heavy atom. The van der Waals surface area contributed by atoms with E-state index in [0.29, 0.717) is 6.61 Å². The van der Waals surface area contributed by atoms with E-state index in [2.05, 4.69) is 21.0 Å². The maximum atomic E-state index is 12.0. The second-order valence-corrected chi connectivity index (χ2v) is 8.23. The lowest BCUT2D eigenvalue weighted by Crippen LogP contribution is -2.43. The highest BCUT2D eigenvalue weighted by atomic mass is 16.5. The number of hydrogen-bond donors (Lipinski definition) is 0. The maximum Gasteiger partial charge on any atom is 0.311 e. The topological polar surface area (TPSA) is 26.3 Å². The standard InChI is InChI=1S/C20H42NO2/c1-7-9-10-11-12-13-14-15-16-21(5,6)17-18-23-19(22)20(3,4)8-2/h7-18H2,1-6H3/q+1. The number of quaternary nitrogens is 1. The van der Waals surface area contributed by atoms with Crippen LogP contribution in [-0.2, 0) is 9.53 Å². The molecule has 0 saturated carbocycles. The number of carbonyl (C=O) groups excluding carboxylic acids is 1. The average molecular weight is 329 g/mol. The van der Waals surface area contributed by atoms with Gasteiger partial charge in [-0.05, 0) is 33.1 Å². The molecule has 3 nitrogen and oxygen atoms in total. The molecule has 0 saturated heterocycles. The van der Waals surface area contributed by atoms with E-state index in [1.807, 2.05) is 20.8 Å². The molecular formula is C20H42NO2+. The van der Waals surface area contributed by atoms with E-state index in [1.165, 1.54) is 57.9 Å². The first kappa shape index (κ1) is 22.4. The van der Waals surface area contributed by atoms with Gasteiger partial charge in [0.05, 0.1) is 26.1 Å². The summed E-state index contributed by atoms with van der Waals surface area (Å²) in [5.41, 5.74) is -0.352. The number of hydrogen-bond acceptors (Lipinski definition) is 2. The van der Waals surface area contributed by atoms with Gasteiger partial charge in [0.25, 0.3) is 0 Å². The van der Waals surface area contributed by atoms with Gasteiger partial charge >= 0.3 is 5.97 Å². The molecule has 0 heterocycles. The Morgan fingerprint density at radius 3 is 1.91 bits per heavy atom. The van der Waals surface area contributed by atoms with Crippen LogP contribution in [0.3, 0.4) is 0 Å². The molecule has 0 aromatic heterocycles. The second-order valence-electron chi connectivity index (χ2n) is 8.23. The van der Waals surface area contributed by atoms with E-state index in [-0.39, 0.29) is 11.4 Å². The van der Waals surface area contributed by atoms with Crippen molar-refractivity contribution in [3.05, 3.63) is 0 Å². The van der Waals surface area contributed by atoms with Crippen molar-refractivity contribution in [3.63, 3.8) is 0 Å². The molecule has 0 aromatic rings. The Balaban J connectivity index is 3.71. The van der Waals surface area contributed by atoms with Gasteiger partial charge in [-0.25, -0.2) is 0 Å². The number of unbranched alkanes of at least 4 members (excludes halogenated alkanes) is 7. The van der Waals surface area contributed by atoms with Crippen LogP contribution in [0.15, 0.2) is 0 Å². The fraction of sp³-hybridized carbons (Fsp3) is 0.950. The van der Waals surface area contributed by atoms with E-state index in [4.69, 9.17) is 4.74 Å². The molecule has 0 bridgehead atoms. The summed E-state index contributed by atoms with van der Waals surface area (Å²) in [6.45, 7) is 10.8. The van der Waals surface area contributed by atoms with Crippen LogP contribution < -0.4 is 0 Å². The summed E-state index contributed by atoms with van der Waals surface area (Å²) in [6.07, 6.45) is 11.7. The minimum absolute atomic E-state index is 0.0629. The highest BCUT2D eigenvalue weighted by molar-refractivity contribution is 5.75. The highest BCUT2D eigenvalue weighted by Crippen LogP contribution is 2.21. The maximum absolute atomic E-state index is 12.0. The van der Waals surface area contributed by atoms with E-state index in [1.54, 1.807) is 0 Å². The van der Waals surface area contributed by atoms with Crippen LogP contribution in [0.1, 0.15) is 85.5 Å². The van der Waals surface area contributed by atoms with Gasteiger partial charge in [-0.3, -0.25) is 4.79 Å². The lowest BCUT2D eigenvalue weighted by atomic mass is 9.91. The molecule has 0 atom stereocenters. The van der Waals surface area contributed by atoms with Crippen molar-refractivity contribution in [2.45, 2.75) is 85.5 Å². The number of nitrogens with zero attached hydrogens (tertiary/aromatic N) is 1. The van der Waals surface area contributed by atoms with Crippen LogP contribution in [0.4, 0.5) is 0 Å². The zero-order chi connectivity index (χ0) is 17.8. The van der Waals surface area contributed by atoms with Gasteiger partial charge in [0.1, 0.15) is 13.2 Å². The molecule has 0 aliphatic rings. The van der Waals surface area contributed by atoms with Crippen molar-refractivity contribution < 1.29 is 14.0 Å². The Hall–Kier alpha value is -0.570. The van der Waals surface area contributed by atoms with Gasteiger partial charge in [0.15, 0.2) is 0 Å². The number of rotatable bonds is 14. The van der Waals surface area contributed by atoms with E-state index < -0.39 is 0 Å². The molecule has 3 heteroatoms. The van der Waals surface area contributed by atoms with Crippen molar-refractivity contribution >= 4 is 5.97 Å². The smallest absolute Gasteiger partial charge is 0.311 e. The molecule has 0 rings (SSSR count). The summed E-state index contributed by atoms with van der Waals surface area (Å²) in [5, 5.41) is 0. The third-order valence-corrected chi connectivity index (χ3v) is 4.98. The van der Waals surface area contributed by atoms with Crippen molar-refractivity contribution in [1.29, 1.82) is 0 Å². The van der Waals surface area contributed by atoms with Crippen molar-refractivity contribution in [1.82, 2.24) is 0 Å². The number of carbonyl (C=O) groups is 1. The van der Waals surface area contributed by atoms with Gasteiger partial charge < -0.3 is 9.22 Å². The molecule has 138 valence electrons. The van der Waals surface area contributed by atoms with Crippen LogP contribution in [0.5, 0.6) is 0 Å². The minimum atomic E-state index is -0.352. The van der Waals surface area contributed by atoms with Crippen LogP contribution in [0.2, 0.25) is 0 Å². The van der Waals surface area contributed by atoms with Crippen molar-refractivity contribution in [2.24, 2.45) is 5.41 Å². The predicted molar refractivity (Wildman–Crippen MR) is 99.5 cm³/mol. The van der Waals surface area contributed by atoms with Crippen LogP contribution in [0, 0.1) is 5.41 Å². The van der Waals surface area contributed by atoms with Crippen molar-refractivity contribution in [2.75, 3.05) is 33.8 Å². The summed E-state index contributed by atoms with van der Waals surface area (Å²) in [4.78, 5) is 12.0. The average Bonchev–Trinajstić information content (AvgIpc) is 2.49. The number of likely N-dealkylation sites (N-methyl/N-ethyl adjacent to an activating group) is 1. The first-order chi connectivity index (χ1) is 10.7.